The van der Waals surface area contributed by atoms with Gasteiger partial charge in [0, 0.05) is 52.4 Å². The van der Waals surface area contributed by atoms with Crippen LogP contribution in [0.3, 0.4) is 0 Å². The van der Waals surface area contributed by atoms with Crippen molar-refractivity contribution in [1.29, 1.82) is 0 Å². The number of pyridine rings is 1. The van der Waals surface area contributed by atoms with Crippen LogP contribution in [0.4, 0.5) is 23.8 Å². The van der Waals surface area contributed by atoms with Gasteiger partial charge in [-0.1, -0.05) is 0 Å². The van der Waals surface area contributed by atoms with Crippen molar-refractivity contribution < 1.29 is 37.8 Å². The Labute approximate surface area is 177 Å². The van der Waals surface area contributed by atoms with Gasteiger partial charge in [-0.05, 0) is 30.9 Å². The fourth-order valence-corrected chi connectivity index (χ4v) is 3.42. The summed E-state index contributed by atoms with van der Waals surface area (Å²) in [4.78, 5) is 43.1. The second-order valence-corrected chi connectivity index (χ2v) is 7.43. The number of amides is 2. The molecule has 3 rings (SSSR count). The lowest BCUT2D eigenvalue weighted by molar-refractivity contribution is -0.192. The van der Waals surface area contributed by atoms with Gasteiger partial charge < -0.3 is 24.9 Å². The normalized spacial score (nSPS) is 16.0. The summed E-state index contributed by atoms with van der Waals surface area (Å²) in [7, 11) is 3.59. The number of hydrogen-bond donors (Lipinski definition) is 2. The Morgan fingerprint density at radius 3 is 2.00 bits per heavy atom. The molecule has 31 heavy (non-hydrogen) atoms. The highest BCUT2D eigenvalue weighted by molar-refractivity contribution is 5.93. The maximum atomic E-state index is 12.6. The highest BCUT2D eigenvalue weighted by Gasteiger charge is 2.38. The van der Waals surface area contributed by atoms with Gasteiger partial charge >= 0.3 is 24.1 Å². The topological polar surface area (TPSA) is 114 Å². The molecule has 9 nitrogen and oxygen atoms in total. The standard InChI is InChI=1S/C17H24N4O3.C2HF3O2/c1-19(2)15-13(16(22)23)11-12-5-9-21(10-6-14(12)18-15)17(24)20-7-3-4-8-20;3-2(4,5)1(6)7/h11H,3-10H2,1-2H3,(H,22,23);(H,6,7). The zero-order valence-corrected chi connectivity index (χ0v) is 17.3. The number of aromatic carboxylic acids is 1. The Morgan fingerprint density at radius 1 is 1.00 bits per heavy atom. The van der Waals surface area contributed by atoms with Crippen LogP contribution in [-0.2, 0) is 17.6 Å². The molecular formula is C19H25F3N4O5. The first kappa shape index (κ1) is 24.2. The number of likely N-dealkylation sites (tertiary alicyclic amines) is 1. The number of alkyl halides is 3. The minimum atomic E-state index is -5.08. The molecule has 1 aromatic rings. The van der Waals surface area contributed by atoms with E-state index < -0.39 is 18.1 Å². The smallest absolute Gasteiger partial charge is 0.478 e. The predicted molar refractivity (Wildman–Crippen MR) is 104 cm³/mol. The van der Waals surface area contributed by atoms with Crippen molar-refractivity contribution in [3.05, 3.63) is 22.9 Å². The van der Waals surface area contributed by atoms with E-state index in [0.717, 1.165) is 37.2 Å². The zero-order chi connectivity index (χ0) is 23.3. The molecule has 1 fully saturated rings. The molecule has 172 valence electrons. The number of aliphatic carboxylic acids is 1. The molecule has 1 aromatic heterocycles. The molecule has 0 radical (unpaired) electrons. The number of carboxylic acid groups (broad SMARTS) is 2. The van der Waals surface area contributed by atoms with E-state index in [9.17, 15) is 27.9 Å². The number of hydrogen-bond acceptors (Lipinski definition) is 5. The van der Waals surface area contributed by atoms with Crippen LogP contribution < -0.4 is 4.90 Å². The molecule has 1 saturated heterocycles. The molecule has 0 aromatic carbocycles. The van der Waals surface area contributed by atoms with E-state index >= 15 is 0 Å². The number of carboxylic acids is 2. The molecule has 2 amide bonds. The first-order valence-corrected chi connectivity index (χ1v) is 9.69. The monoisotopic (exact) mass is 446 g/mol. The van der Waals surface area contributed by atoms with Gasteiger partial charge in [-0.15, -0.1) is 0 Å². The van der Waals surface area contributed by atoms with Crippen LogP contribution in [-0.4, -0.2) is 89.4 Å². The van der Waals surface area contributed by atoms with Crippen molar-refractivity contribution >= 4 is 23.8 Å². The third kappa shape index (κ3) is 6.22. The first-order chi connectivity index (χ1) is 14.4. The summed E-state index contributed by atoms with van der Waals surface area (Å²) in [6.45, 7) is 2.93. The molecule has 0 spiro atoms. The molecule has 0 bridgehead atoms. The predicted octanol–water partition coefficient (Wildman–Crippen LogP) is 2.10. The van der Waals surface area contributed by atoms with Crippen LogP contribution in [0.2, 0.25) is 0 Å². The lowest BCUT2D eigenvalue weighted by atomic mass is 10.1. The van der Waals surface area contributed by atoms with Gasteiger partial charge in [0.25, 0.3) is 0 Å². The summed E-state index contributed by atoms with van der Waals surface area (Å²) < 4.78 is 31.7. The Morgan fingerprint density at radius 2 is 1.52 bits per heavy atom. The molecule has 12 heteroatoms. The van der Waals surface area contributed by atoms with E-state index in [1.807, 2.05) is 9.80 Å². The molecule has 3 heterocycles. The first-order valence-electron chi connectivity index (χ1n) is 9.69. The van der Waals surface area contributed by atoms with Crippen molar-refractivity contribution in [3.8, 4) is 0 Å². The highest BCUT2D eigenvalue weighted by Crippen LogP contribution is 2.24. The lowest BCUT2D eigenvalue weighted by Gasteiger charge is -2.26. The number of nitrogens with zero attached hydrogens (tertiary/aromatic N) is 4. The molecule has 2 aliphatic heterocycles. The number of fused-ring (bicyclic) bond motifs is 1. The summed E-state index contributed by atoms with van der Waals surface area (Å²) in [5.41, 5.74) is 2.06. The van der Waals surface area contributed by atoms with Gasteiger partial charge in [0.15, 0.2) is 0 Å². The van der Waals surface area contributed by atoms with Crippen LogP contribution >= 0.6 is 0 Å². The van der Waals surface area contributed by atoms with Crippen molar-refractivity contribution in [2.45, 2.75) is 31.9 Å². The fraction of sp³-hybridized carbons (Fsp3) is 0.579. The zero-order valence-electron chi connectivity index (χ0n) is 17.3. The van der Waals surface area contributed by atoms with E-state index in [1.54, 1.807) is 25.1 Å². The molecule has 0 unspecified atom stereocenters. The van der Waals surface area contributed by atoms with E-state index in [1.165, 1.54) is 0 Å². The van der Waals surface area contributed by atoms with Crippen molar-refractivity contribution in [2.24, 2.45) is 0 Å². The number of aromatic nitrogens is 1. The average Bonchev–Trinajstić information content (AvgIpc) is 3.13. The molecule has 0 saturated carbocycles. The second kappa shape index (κ2) is 9.84. The maximum Gasteiger partial charge on any atom is 0.490 e. The summed E-state index contributed by atoms with van der Waals surface area (Å²) in [6, 6.07) is 1.83. The molecule has 0 aliphatic carbocycles. The van der Waals surface area contributed by atoms with E-state index in [-0.39, 0.29) is 11.6 Å². The maximum absolute atomic E-state index is 12.6. The molecule has 0 atom stereocenters. The average molecular weight is 446 g/mol. The van der Waals surface area contributed by atoms with E-state index in [2.05, 4.69) is 4.98 Å². The summed E-state index contributed by atoms with van der Waals surface area (Å²) >= 11 is 0. The largest absolute Gasteiger partial charge is 0.490 e. The van der Waals surface area contributed by atoms with Gasteiger partial charge in [0.2, 0.25) is 0 Å². The van der Waals surface area contributed by atoms with Gasteiger partial charge in [-0.3, -0.25) is 0 Å². The van der Waals surface area contributed by atoms with Crippen LogP contribution in [0.5, 0.6) is 0 Å². The van der Waals surface area contributed by atoms with Crippen LogP contribution in [0.1, 0.15) is 34.5 Å². The fourth-order valence-electron chi connectivity index (χ4n) is 3.42. The third-order valence-electron chi connectivity index (χ3n) is 4.98. The van der Waals surface area contributed by atoms with Gasteiger partial charge in [-0.25, -0.2) is 19.4 Å². The summed E-state index contributed by atoms with van der Waals surface area (Å²) in [6.07, 6.45) is -1.61. The second-order valence-electron chi connectivity index (χ2n) is 7.43. The SMILES string of the molecule is CN(C)c1nc2c(cc1C(=O)O)CCN(C(=O)N1CCCC1)CC2.O=C(O)C(F)(F)F. The quantitative estimate of drug-likeness (QED) is 0.715. The Bertz CT molecular complexity index is 839. The Hall–Kier alpha value is -3.05. The van der Waals surface area contributed by atoms with Gasteiger partial charge in [0.05, 0.1) is 0 Å². The Kier molecular flexibility index (Phi) is 7.69. The minimum Gasteiger partial charge on any atom is -0.478 e. The minimum absolute atomic E-state index is 0.103. The molecular weight excluding hydrogens is 421 g/mol. The summed E-state index contributed by atoms with van der Waals surface area (Å²) in [5.74, 6) is -3.25. The number of rotatable bonds is 2. The number of carbonyl (C=O) groups is 3. The van der Waals surface area contributed by atoms with E-state index in [4.69, 9.17) is 9.90 Å². The van der Waals surface area contributed by atoms with Crippen molar-refractivity contribution in [1.82, 2.24) is 14.8 Å². The lowest BCUT2D eigenvalue weighted by Crippen LogP contribution is -2.42. The molecule has 2 aliphatic rings. The Balaban J connectivity index is 0.000000423. The molecule has 2 N–H and O–H groups in total. The van der Waals surface area contributed by atoms with Crippen molar-refractivity contribution in [3.63, 3.8) is 0 Å². The van der Waals surface area contributed by atoms with Crippen LogP contribution in [0.25, 0.3) is 0 Å². The third-order valence-corrected chi connectivity index (χ3v) is 4.98. The van der Waals surface area contributed by atoms with Crippen molar-refractivity contribution in [2.75, 3.05) is 45.2 Å². The summed E-state index contributed by atoms with van der Waals surface area (Å²) in [5, 5.41) is 16.6. The number of carbonyl (C=O) groups excluding carboxylic acids is 1. The van der Waals surface area contributed by atoms with E-state index in [0.29, 0.717) is 31.7 Å². The number of halogens is 3. The van der Waals surface area contributed by atoms with Crippen LogP contribution in [0, 0.1) is 0 Å². The highest BCUT2D eigenvalue weighted by atomic mass is 19.4. The van der Waals surface area contributed by atoms with Crippen LogP contribution in [0.15, 0.2) is 6.07 Å². The number of urea groups is 1. The van der Waals surface area contributed by atoms with Gasteiger partial charge in [-0.2, -0.15) is 13.2 Å². The van der Waals surface area contributed by atoms with Gasteiger partial charge in [0.1, 0.15) is 11.4 Å². The number of anilines is 1.